The zero-order valence-electron chi connectivity index (χ0n) is 22.1. The van der Waals surface area contributed by atoms with Gasteiger partial charge in [0.1, 0.15) is 12.3 Å². The molecule has 1 fully saturated rings. The van der Waals surface area contributed by atoms with Gasteiger partial charge >= 0.3 is 0 Å². The van der Waals surface area contributed by atoms with Crippen LogP contribution in [0.1, 0.15) is 44.3 Å². The van der Waals surface area contributed by atoms with Crippen LogP contribution in [0.2, 0.25) is 0 Å². The van der Waals surface area contributed by atoms with E-state index < -0.39 is 0 Å². The number of aryl methyl sites for hydroxylation is 1. The summed E-state index contributed by atoms with van der Waals surface area (Å²) in [5.74, 6) is 0.369. The first kappa shape index (κ1) is 25.4. The van der Waals surface area contributed by atoms with Crippen LogP contribution in [0.25, 0.3) is 10.9 Å². The fourth-order valence-corrected chi connectivity index (χ4v) is 7.14. The molecule has 3 aliphatic heterocycles. The Bertz CT molecular complexity index is 1630. The van der Waals surface area contributed by atoms with Crippen molar-refractivity contribution in [2.75, 3.05) is 20.2 Å². The average Bonchev–Trinajstić information content (AvgIpc) is 3.16. The summed E-state index contributed by atoms with van der Waals surface area (Å²) in [6, 6.07) is 7.54. The summed E-state index contributed by atoms with van der Waals surface area (Å²) in [4.78, 5) is 42.5. The lowest BCUT2D eigenvalue weighted by Gasteiger charge is -2.42. The van der Waals surface area contributed by atoms with Crippen LogP contribution < -0.4 is 10.1 Å². The van der Waals surface area contributed by atoms with Crippen molar-refractivity contribution in [1.82, 2.24) is 19.7 Å². The first-order valence-electron chi connectivity index (χ1n) is 12.9. The van der Waals surface area contributed by atoms with Crippen LogP contribution in [0.3, 0.4) is 0 Å². The van der Waals surface area contributed by atoms with Crippen LogP contribution in [-0.4, -0.2) is 58.3 Å². The maximum Gasteiger partial charge on any atom is 0.261 e. The highest BCUT2D eigenvalue weighted by Crippen LogP contribution is 2.52. The number of nitrogens with zero attached hydrogens (tertiary/aromatic N) is 3. The Morgan fingerprint density at radius 2 is 2.00 bits per heavy atom. The molecule has 3 aliphatic rings. The molecule has 200 valence electrons. The number of halogens is 1. The quantitative estimate of drug-likeness (QED) is 0.454. The standard InChI is InChI=1S/C30H29BrN4O4/c1-6-24(37)33-12-18(13-33)32-23(36)14-34-17(4)25-27-26(21(31)10-15(2)28(27)34)29-19-8-7-9-22(39-5)20(19)11-16(3)35(29)30(25)38/h6-10,18,29H,1,3,11-14H2,2,4-5H3,(H,32,36)/t29-/m0/s1. The van der Waals surface area contributed by atoms with Crippen LogP contribution in [0.15, 0.2) is 53.7 Å². The number of ether oxygens (including phenoxy) is 1. The first-order chi connectivity index (χ1) is 18.7. The molecule has 6 rings (SSSR count). The Labute approximate surface area is 235 Å². The van der Waals surface area contributed by atoms with E-state index in [-0.39, 0.29) is 36.3 Å². The lowest BCUT2D eigenvalue weighted by molar-refractivity contribution is -0.133. The maximum absolute atomic E-state index is 14.2. The summed E-state index contributed by atoms with van der Waals surface area (Å²) in [5, 5.41) is 3.90. The van der Waals surface area contributed by atoms with Gasteiger partial charge in [0.15, 0.2) is 0 Å². The van der Waals surface area contributed by atoms with Crippen molar-refractivity contribution in [2.24, 2.45) is 0 Å². The van der Waals surface area contributed by atoms with E-state index in [1.54, 1.807) is 16.9 Å². The minimum Gasteiger partial charge on any atom is -0.496 e. The van der Waals surface area contributed by atoms with Gasteiger partial charge in [0.25, 0.3) is 5.91 Å². The van der Waals surface area contributed by atoms with Crippen molar-refractivity contribution in [2.45, 2.75) is 38.9 Å². The molecule has 39 heavy (non-hydrogen) atoms. The predicted molar refractivity (Wildman–Crippen MR) is 152 cm³/mol. The van der Waals surface area contributed by atoms with Gasteiger partial charge < -0.3 is 24.4 Å². The number of hydrogen-bond donors (Lipinski definition) is 1. The maximum atomic E-state index is 14.2. The molecule has 1 aromatic heterocycles. The molecule has 2 aromatic carbocycles. The third-order valence-corrected chi connectivity index (χ3v) is 8.83. The van der Waals surface area contributed by atoms with Crippen molar-refractivity contribution in [3.05, 3.63) is 87.2 Å². The van der Waals surface area contributed by atoms with Gasteiger partial charge in [-0.25, -0.2) is 0 Å². The summed E-state index contributed by atoms with van der Waals surface area (Å²) in [7, 11) is 1.65. The van der Waals surface area contributed by atoms with Crippen molar-refractivity contribution < 1.29 is 19.1 Å². The Morgan fingerprint density at radius 1 is 1.26 bits per heavy atom. The van der Waals surface area contributed by atoms with E-state index in [0.29, 0.717) is 30.8 Å². The number of amides is 3. The number of fused-ring (bicyclic) bond motifs is 4. The number of rotatable bonds is 5. The second kappa shape index (κ2) is 9.12. The third kappa shape index (κ3) is 3.66. The number of carbonyl (C=O) groups excluding carboxylic acids is 3. The topological polar surface area (TPSA) is 83.9 Å². The molecule has 3 amide bonds. The number of methoxy groups -OCH3 is 1. The second-order valence-corrected chi connectivity index (χ2v) is 11.3. The molecule has 1 atom stereocenters. The molecule has 0 saturated carbocycles. The molecule has 3 aromatic rings. The third-order valence-electron chi connectivity index (χ3n) is 8.17. The van der Waals surface area contributed by atoms with Gasteiger partial charge in [-0.3, -0.25) is 14.4 Å². The second-order valence-electron chi connectivity index (χ2n) is 10.4. The zero-order chi connectivity index (χ0) is 27.7. The number of likely N-dealkylation sites (tertiary alicyclic amines) is 1. The molecule has 0 bridgehead atoms. The normalized spacial score (nSPS) is 18.0. The Balaban J connectivity index is 1.45. The largest absolute Gasteiger partial charge is 0.496 e. The van der Waals surface area contributed by atoms with Gasteiger partial charge in [-0.15, -0.1) is 0 Å². The molecule has 8 nitrogen and oxygen atoms in total. The van der Waals surface area contributed by atoms with E-state index >= 15 is 0 Å². The summed E-state index contributed by atoms with van der Waals surface area (Å²) in [6.07, 6.45) is 1.79. The fourth-order valence-electron chi connectivity index (χ4n) is 6.38. The van der Waals surface area contributed by atoms with Crippen molar-refractivity contribution in [3.8, 4) is 5.75 Å². The van der Waals surface area contributed by atoms with Gasteiger partial charge in [-0.2, -0.15) is 0 Å². The predicted octanol–water partition coefficient (Wildman–Crippen LogP) is 4.16. The Morgan fingerprint density at radius 3 is 2.69 bits per heavy atom. The van der Waals surface area contributed by atoms with E-state index in [9.17, 15) is 14.4 Å². The number of hydrogen-bond acceptors (Lipinski definition) is 4. The minimum atomic E-state index is -0.360. The number of aromatic nitrogens is 1. The van der Waals surface area contributed by atoms with E-state index in [4.69, 9.17) is 4.74 Å². The molecule has 9 heteroatoms. The van der Waals surface area contributed by atoms with Crippen LogP contribution in [0.4, 0.5) is 0 Å². The van der Waals surface area contributed by atoms with Gasteiger partial charge in [-0.05, 0) is 43.2 Å². The summed E-state index contributed by atoms with van der Waals surface area (Å²) in [5.41, 5.74) is 6.93. The highest BCUT2D eigenvalue weighted by atomic mass is 79.9. The number of carbonyl (C=O) groups is 3. The summed E-state index contributed by atoms with van der Waals surface area (Å²) < 4.78 is 8.52. The number of allylic oxidation sites excluding steroid dienone is 1. The number of nitrogens with one attached hydrogen (secondary N) is 1. The molecule has 0 unspecified atom stereocenters. The number of benzene rings is 2. The highest BCUT2D eigenvalue weighted by molar-refractivity contribution is 9.10. The van der Waals surface area contributed by atoms with Crippen LogP contribution >= 0.6 is 15.9 Å². The molecule has 1 saturated heterocycles. The van der Waals surface area contributed by atoms with E-state index in [1.807, 2.05) is 30.5 Å². The van der Waals surface area contributed by atoms with Crippen LogP contribution in [0.5, 0.6) is 5.75 Å². The van der Waals surface area contributed by atoms with E-state index in [0.717, 1.165) is 49.1 Å². The van der Waals surface area contributed by atoms with Crippen molar-refractivity contribution in [3.63, 3.8) is 0 Å². The zero-order valence-corrected chi connectivity index (χ0v) is 23.7. The highest BCUT2D eigenvalue weighted by Gasteiger charge is 2.44. The monoisotopic (exact) mass is 588 g/mol. The molecular weight excluding hydrogens is 560 g/mol. The van der Waals surface area contributed by atoms with Crippen LogP contribution in [-0.2, 0) is 22.6 Å². The van der Waals surface area contributed by atoms with Gasteiger partial charge in [0.05, 0.1) is 30.3 Å². The minimum absolute atomic E-state index is 0.0689. The average molecular weight is 589 g/mol. The first-order valence-corrected chi connectivity index (χ1v) is 13.6. The van der Waals surface area contributed by atoms with Gasteiger partial charge in [0, 0.05) is 51.9 Å². The fraction of sp³-hybridized carbons (Fsp3) is 0.300. The lowest BCUT2D eigenvalue weighted by atomic mass is 9.81. The Hall–Kier alpha value is -3.85. The SMILES string of the molecule is C=CC(=O)N1CC(NC(=O)Cn2c(C)c3c4c(c(Br)cc(C)c42)[C@@H]2c4cccc(OC)c4CC(=C)N2C3=O)C1. The molecular formula is C30H29BrN4O4. The van der Waals surface area contributed by atoms with Gasteiger partial charge in [-0.1, -0.05) is 41.2 Å². The molecule has 0 radical (unpaired) electrons. The van der Waals surface area contributed by atoms with E-state index in [1.165, 1.54) is 6.08 Å². The lowest BCUT2D eigenvalue weighted by Crippen LogP contribution is -2.61. The van der Waals surface area contributed by atoms with Crippen molar-refractivity contribution >= 4 is 44.6 Å². The molecule has 4 heterocycles. The summed E-state index contributed by atoms with van der Waals surface area (Å²) in [6.45, 7) is 12.7. The van der Waals surface area contributed by atoms with E-state index in [2.05, 4.69) is 46.5 Å². The molecule has 0 aliphatic carbocycles. The smallest absolute Gasteiger partial charge is 0.261 e. The van der Waals surface area contributed by atoms with Gasteiger partial charge in [0.2, 0.25) is 11.8 Å². The van der Waals surface area contributed by atoms with Crippen molar-refractivity contribution in [1.29, 1.82) is 0 Å². The summed E-state index contributed by atoms with van der Waals surface area (Å²) >= 11 is 3.82. The molecule has 0 spiro atoms. The Kier molecular flexibility index (Phi) is 5.95. The molecule has 1 N–H and O–H groups in total. The van der Waals surface area contributed by atoms with Crippen LogP contribution in [0, 0.1) is 13.8 Å².